The number of nitrogens with one attached hydrogen (secondary N) is 2. The molecular formula is C12H12N4O3. The normalized spacial score (nSPS) is 10.2. The molecule has 0 aromatic heterocycles. The van der Waals surface area contributed by atoms with Gasteiger partial charge in [-0.2, -0.15) is 0 Å². The third-order valence-corrected chi connectivity index (χ3v) is 2.76. The van der Waals surface area contributed by atoms with E-state index in [1.165, 1.54) is 6.07 Å². The molecule has 0 atom stereocenters. The lowest BCUT2D eigenvalue weighted by Gasteiger charge is -2.11. The van der Waals surface area contributed by atoms with Gasteiger partial charge in [-0.05, 0) is 16.8 Å². The second-order valence-corrected chi connectivity index (χ2v) is 3.82. The molecule has 0 aliphatic heterocycles. The Bertz CT molecular complexity index is 669. The van der Waals surface area contributed by atoms with Gasteiger partial charge in [-0.15, -0.1) is 0 Å². The van der Waals surface area contributed by atoms with E-state index >= 15 is 0 Å². The first-order valence-electron chi connectivity index (χ1n) is 5.36. The van der Waals surface area contributed by atoms with Crippen LogP contribution >= 0.6 is 0 Å². The number of hydrogen-bond acceptors (Lipinski definition) is 5. The summed E-state index contributed by atoms with van der Waals surface area (Å²) >= 11 is 0. The molecule has 0 bridgehead atoms. The van der Waals surface area contributed by atoms with Crippen molar-refractivity contribution in [3.8, 4) is 5.75 Å². The van der Waals surface area contributed by atoms with Gasteiger partial charge in [-0.3, -0.25) is 20.4 Å². The van der Waals surface area contributed by atoms with E-state index in [2.05, 4.69) is 0 Å². The fourth-order valence-corrected chi connectivity index (χ4v) is 1.89. The van der Waals surface area contributed by atoms with E-state index in [1.54, 1.807) is 24.3 Å². The molecule has 0 spiro atoms. The van der Waals surface area contributed by atoms with Crippen LogP contribution in [0.4, 0.5) is 0 Å². The molecule has 2 aromatic rings. The molecule has 0 fully saturated rings. The number of phenols is 1. The van der Waals surface area contributed by atoms with Gasteiger partial charge in [0.1, 0.15) is 5.75 Å². The first-order chi connectivity index (χ1) is 9.10. The number of hydrogen-bond donors (Lipinski definition) is 5. The number of nitrogen functional groups attached to an aromatic ring is 2. The lowest BCUT2D eigenvalue weighted by molar-refractivity contribution is 0.0950. The Morgan fingerprint density at radius 1 is 1.05 bits per heavy atom. The number of benzene rings is 2. The van der Waals surface area contributed by atoms with Crippen LogP contribution in [0.25, 0.3) is 10.8 Å². The highest BCUT2D eigenvalue weighted by Crippen LogP contribution is 2.31. The lowest BCUT2D eigenvalue weighted by atomic mass is 9.98. The van der Waals surface area contributed by atoms with Crippen molar-refractivity contribution in [3.63, 3.8) is 0 Å². The molecule has 2 amide bonds. The van der Waals surface area contributed by atoms with Crippen LogP contribution in [-0.2, 0) is 0 Å². The lowest BCUT2D eigenvalue weighted by Crippen LogP contribution is -2.32. The Labute approximate surface area is 108 Å². The standard InChI is InChI=1S/C12H12N4O3/c13-15-11(18)8-5-6-3-1-2-4-7(6)9(10(8)17)12(19)16-14/h1-5,17H,13-14H2,(H,15,18)(H,16,19). The fraction of sp³-hybridized carbons (Fsp3) is 0. The van der Waals surface area contributed by atoms with Crippen LogP contribution in [0.15, 0.2) is 30.3 Å². The van der Waals surface area contributed by atoms with Crippen molar-refractivity contribution in [2.45, 2.75) is 0 Å². The number of nitrogens with two attached hydrogens (primary N) is 2. The van der Waals surface area contributed by atoms with Crippen molar-refractivity contribution >= 4 is 22.6 Å². The summed E-state index contributed by atoms with van der Waals surface area (Å²) in [6.45, 7) is 0. The van der Waals surface area contributed by atoms with E-state index in [1.807, 2.05) is 10.9 Å². The molecule has 0 saturated carbocycles. The van der Waals surface area contributed by atoms with Gasteiger partial charge in [0.05, 0.1) is 11.1 Å². The molecule has 98 valence electrons. The number of carbonyl (C=O) groups is 2. The van der Waals surface area contributed by atoms with Crippen LogP contribution < -0.4 is 22.5 Å². The van der Waals surface area contributed by atoms with Crippen molar-refractivity contribution in [1.29, 1.82) is 0 Å². The Balaban J connectivity index is 2.85. The van der Waals surface area contributed by atoms with Crippen LogP contribution in [0, 0.1) is 0 Å². The molecule has 0 unspecified atom stereocenters. The van der Waals surface area contributed by atoms with E-state index in [-0.39, 0.29) is 11.1 Å². The van der Waals surface area contributed by atoms with Gasteiger partial charge in [0, 0.05) is 0 Å². The summed E-state index contributed by atoms with van der Waals surface area (Å²) < 4.78 is 0. The molecule has 7 N–H and O–H groups in total. The average molecular weight is 260 g/mol. The number of aromatic hydroxyl groups is 1. The maximum atomic E-state index is 11.8. The topological polar surface area (TPSA) is 130 Å². The summed E-state index contributed by atoms with van der Waals surface area (Å²) in [6, 6.07) is 8.24. The maximum Gasteiger partial charge on any atom is 0.269 e. The zero-order chi connectivity index (χ0) is 14.0. The fourth-order valence-electron chi connectivity index (χ4n) is 1.89. The number of hydrazine groups is 2. The van der Waals surface area contributed by atoms with Crippen LogP contribution in [0.3, 0.4) is 0 Å². The summed E-state index contributed by atoms with van der Waals surface area (Å²) in [5.74, 6) is 8.26. The van der Waals surface area contributed by atoms with Crippen molar-refractivity contribution in [2.24, 2.45) is 11.7 Å². The minimum absolute atomic E-state index is 0.0702. The molecule has 2 rings (SSSR count). The number of fused-ring (bicyclic) bond motifs is 1. The predicted molar refractivity (Wildman–Crippen MR) is 68.9 cm³/mol. The molecule has 7 nitrogen and oxygen atoms in total. The number of rotatable bonds is 2. The Kier molecular flexibility index (Phi) is 3.32. The van der Waals surface area contributed by atoms with Crippen molar-refractivity contribution in [1.82, 2.24) is 10.9 Å². The molecule has 7 heteroatoms. The van der Waals surface area contributed by atoms with Gasteiger partial charge in [0.25, 0.3) is 11.8 Å². The minimum Gasteiger partial charge on any atom is -0.506 e. The van der Waals surface area contributed by atoms with Gasteiger partial charge >= 0.3 is 0 Å². The van der Waals surface area contributed by atoms with E-state index in [0.717, 1.165) is 0 Å². The highest BCUT2D eigenvalue weighted by atomic mass is 16.3. The van der Waals surface area contributed by atoms with Crippen LogP contribution in [-0.4, -0.2) is 16.9 Å². The first-order valence-corrected chi connectivity index (χ1v) is 5.36. The monoisotopic (exact) mass is 260 g/mol. The van der Waals surface area contributed by atoms with Crippen molar-refractivity contribution < 1.29 is 14.7 Å². The van der Waals surface area contributed by atoms with Crippen molar-refractivity contribution in [2.75, 3.05) is 0 Å². The number of amides is 2. The smallest absolute Gasteiger partial charge is 0.269 e. The first kappa shape index (κ1) is 12.8. The van der Waals surface area contributed by atoms with Gasteiger partial charge in [-0.1, -0.05) is 24.3 Å². The summed E-state index contributed by atoms with van der Waals surface area (Å²) in [6.07, 6.45) is 0. The highest BCUT2D eigenvalue weighted by Gasteiger charge is 2.21. The second kappa shape index (κ2) is 4.92. The Hall–Kier alpha value is -2.64. The number of carbonyl (C=O) groups excluding carboxylic acids is 2. The maximum absolute atomic E-state index is 11.8. The predicted octanol–water partition coefficient (Wildman–Crippen LogP) is -0.248. The summed E-state index contributed by atoms with van der Waals surface area (Å²) in [5, 5.41) is 11.1. The molecule has 0 saturated heterocycles. The molecule has 19 heavy (non-hydrogen) atoms. The molecule has 0 aliphatic carbocycles. The second-order valence-electron chi connectivity index (χ2n) is 3.82. The molecule has 0 radical (unpaired) electrons. The molecule has 2 aromatic carbocycles. The quantitative estimate of drug-likeness (QED) is 0.289. The van der Waals surface area contributed by atoms with E-state index in [0.29, 0.717) is 10.8 Å². The summed E-state index contributed by atoms with van der Waals surface area (Å²) in [4.78, 5) is 23.3. The Morgan fingerprint density at radius 3 is 2.32 bits per heavy atom. The zero-order valence-electron chi connectivity index (χ0n) is 9.81. The average Bonchev–Trinajstić information content (AvgIpc) is 2.45. The van der Waals surface area contributed by atoms with Gasteiger partial charge < -0.3 is 5.11 Å². The largest absolute Gasteiger partial charge is 0.506 e. The summed E-state index contributed by atoms with van der Waals surface area (Å²) in [7, 11) is 0. The van der Waals surface area contributed by atoms with E-state index < -0.39 is 17.6 Å². The third kappa shape index (κ3) is 2.07. The number of phenolic OH excluding ortho intramolecular Hbond substituents is 1. The molecule has 0 heterocycles. The molecular weight excluding hydrogens is 248 g/mol. The van der Waals surface area contributed by atoms with Gasteiger partial charge in [-0.25, -0.2) is 11.7 Å². The highest BCUT2D eigenvalue weighted by molar-refractivity contribution is 6.13. The van der Waals surface area contributed by atoms with Crippen LogP contribution in [0.5, 0.6) is 5.75 Å². The molecule has 0 aliphatic rings. The zero-order valence-corrected chi connectivity index (χ0v) is 9.81. The van der Waals surface area contributed by atoms with Gasteiger partial charge in [0.2, 0.25) is 0 Å². The third-order valence-electron chi connectivity index (χ3n) is 2.76. The van der Waals surface area contributed by atoms with Gasteiger partial charge in [0.15, 0.2) is 0 Å². The van der Waals surface area contributed by atoms with Crippen molar-refractivity contribution in [3.05, 3.63) is 41.5 Å². The van der Waals surface area contributed by atoms with E-state index in [9.17, 15) is 14.7 Å². The van der Waals surface area contributed by atoms with Crippen LogP contribution in [0.1, 0.15) is 20.7 Å². The summed E-state index contributed by atoms with van der Waals surface area (Å²) in [5.41, 5.74) is 3.68. The SMILES string of the molecule is NNC(=O)c1cc2ccccc2c(C(=O)NN)c1O. The Morgan fingerprint density at radius 2 is 1.68 bits per heavy atom. The van der Waals surface area contributed by atoms with E-state index in [4.69, 9.17) is 11.7 Å². The minimum atomic E-state index is -0.700. The van der Waals surface area contributed by atoms with Crippen LogP contribution in [0.2, 0.25) is 0 Å².